The number of hydrogen-bond donors (Lipinski definition) is 1. The van der Waals surface area contributed by atoms with Crippen molar-refractivity contribution in [2.45, 2.75) is 44.9 Å². The standard InChI is InChI=1S/C16H24N4/c1-4-13-14(5-1)18-12-19-15(13)20-9-3-7-16(11-20)6-2-8-17-10-16/h12,17H,1-11H2. The number of fused-ring (bicyclic) bond motifs is 1. The van der Waals surface area contributed by atoms with Crippen LogP contribution in [-0.2, 0) is 12.8 Å². The van der Waals surface area contributed by atoms with Crippen molar-refractivity contribution < 1.29 is 0 Å². The quantitative estimate of drug-likeness (QED) is 0.848. The second-order valence-corrected chi connectivity index (χ2v) is 6.78. The lowest BCUT2D eigenvalue weighted by molar-refractivity contribution is 0.172. The van der Waals surface area contributed by atoms with Crippen LogP contribution >= 0.6 is 0 Å². The predicted molar refractivity (Wildman–Crippen MR) is 80.0 cm³/mol. The molecule has 20 heavy (non-hydrogen) atoms. The summed E-state index contributed by atoms with van der Waals surface area (Å²) in [6, 6.07) is 0. The van der Waals surface area contributed by atoms with Crippen molar-refractivity contribution in [3.05, 3.63) is 17.6 Å². The average Bonchev–Trinajstić information content (AvgIpc) is 2.96. The summed E-state index contributed by atoms with van der Waals surface area (Å²) in [6.45, 7) is 4.75. The van der Waals surface area contributed by atoms with Crippen molar-refractivity contribution in [1.29, 1.82) is 0 Å². The Morgan fingerprint density at radius 3 is 2.95 bits per heavy atom. The highest BCUT2D eigenvalue weighted by atomic mass is 15.2. The van der Waals surface area contributed by atoms with Crippen molar-refractivity contribution in [2.75, 3.05) is 31.1 Å². The first kappa shape index (κ1) is 12.6. The number of nitrogens with one attached hydrogen (secondary N) is 1. The normalized spacial score (nSPS) is 29.7. The van der Waals surface area contributed by atoms with E-state index >= 15 is 0 Å². The van der Waals surface area contributed by atoms with Gasteiger partial charge in [0.15, 0.2) is 0 Å². The maximum Gasteiger partial charge on any atom is 0.135 e. The average molecular weight is 272 g/mol. The lowest BCUT2D eigenvalue weighted by atomic mass is 9.74. The van der Waals surface area contributed by atoms with E-state index in [-0.39, 0.29) is 0 Å². The van der Waals surface area contributed by atoms with Crippen LogP contribution in [0.3, 0.4) is 0 Å². The highest BCUT2D eigenvalue weighted by Crippen LogP contribution is 2.39. The lowest BCUT2D eigenvalue weighted by Gasteiger charge is -2.46. The van der Waals surface area contributed by atoms with Gasteiger partial charge in [-0.2, -0.15) is 0 Å². The van der Waals surface area contributed by atoms with Crippen LogP contribution in [-0.4, -0.2) is 36.1 Å². The van der Waals surface area contributed by atoms with E-state index in [1.54, 1.807) is 6.33 Å². The van der Waals surface area contributed by atoms with Crippen LogP contribution < -0.4 is 10.2 Å². The van der Waals surface area contributed by atoms with Crippen LogP contribution in [0.15, 0.2) is 6.33 Å². The highest BCUT2D eigenvalue weighted by Gasteiger charge is 2.37. The van der Waals surface area contributed by atoms with Gasteiger partial charge in [0.25, 0.3) is 0 Å². The lowest BCUT2D eigenvalue weighted by Crippen LogP contribution is -2.51. The van der Waals surface area contributed by atoms with E-state index in [4.69, 9.17) is 0 Å². The largest absolute Gasteiger partial charge is 0.356 e. The third-order valence-electron chi connectivity index (χ3n) is 5.37. The third-order valence-corrected chi connectivity index (χ3v) is 5.37. The summed E-state index contributed by atoms with van der Waals surface area (Å²) < 4.78 is 0. The van der Waals surface area contributed by atoms with Crippen molar-refractivity contribution in [2.24, 2.45) is 5.41 Å². The van der Waals surface area contributed by atoms with Crippen LogP contribution in [0.4, 0.5) is 5.82 Å². The number of piperidine rings is 2. The van der Waals surface area contributed by atoms with Gasteiger partial charge in [-0.1, -0.05) is 0 Å². The zero-order valence-corrected chi connectivity index (χ0v) is 12.2. The van der Waals surface area contributed by atoms with Crippen LogP contribution in [0.25, 0.3) is 0 Å². The molecule has 2 aliphatic heterocycles. The molecule has 3 heterocycles. The molecule has 4 nitrogen and oxygen atoms in total. The first-order valence-corrected chi connectivity index (χ1v) is 8.15. The summed E-state index contributed by atoms with van der Waals surface area (Å²) in [6.07, 6.45) is 10.7. The Labute approximate surface area is 121 Å². The fraction of sp³-hybridized carbons (Fsp3) is 0.750. The van der Waals surface area contributed by atoms with Gasteiger partial charge in [-0.05, 0) is 51.5 Å². The molecule has 108 valence electrons. The van der Waals surface area contributed by atoms with E-state index in [1.165, 1.54) is 81.8 Å². The van der Waals surface area contributed by atoms with Gasteiger partial charge in [-0.3, -0.25) is 0 Å². The first-order chi connectivity index (χ1) is 9.86. The molecule has 4 rings (SSSR count). The molecule has 1 atom stereocenters. The van der Waals surface area contributed by atoms with Crippen LogP contribution in [0.1, 0.15) is 43.4 Å². The number of nitrogens with zero attached hydrogens (tertiary/aromatic N) is 3. The predicted octanol–water partition coefficient (Wildman–Crippen LogP) is 1.94. The van der Waals surface area contributed by atoms with Gasteiger partial charge < -0.3 is 10.2 Å². The first-order valence-electron chi connectivity index (χ1n) is 8.15. The SMILES string of the molecule is c1nc2c(c(N3CCCC4(CCCNC4)C3)n1)CCC2. The van der Waals surface area contributed by atoms with E-state index in [0.717, 1.165) is 6.42 Å². The van der Waals surface area contributed by atoms with E-state index < -0.39 is 0 Å². The minimum Gasteiger partial charge on any atom is -0.356 e. The Morgan fingerprint density at radius 2 is 2.05 bits per heavy atom. The van der Waals surface area contributed by atoms with E-state index in [2.05, 4.69) is 20.2 Å². The zero-order valence-electron chi connectivity index (χ0n) is 12.2. The monoisotopic (exact) mass is 272 g/mol. The Kier molecular flexibility index (Phi) is 3.14. The summed E-state index contributed by atoms with van der Waals surface area (Å²) in [5, 5.41) is 3.61. The van der Waals surface area contributed by atoms with Gasteiger partial charge in [-0.25, -0.2) is 9.97 Å². The number of anilines is 1. The molecule has 1 aliphatic carbocycles. The molecule has 0 radical (unpaired) electrons. The molecular formula is C16H24N4. The zero-order chi connectivity index (χ0) is 13.4. The molecular weight excluding hydrogens is 248 g/mol. The molecule has 0 amide bonds. The second-order valence-electron chi connectivity index (χ2n) is 6.78. The number of hydrogen-bond acceptors (Lipinski definition) is 4. The summed E-state index contributed by atoms with van der Waals surface area (Å²) >= 11 is 0. The molecule has 0 aromatic carbocycles. The van der Waals surface area contributed by atoms with Crippen molar-refractivity contribution in [3.8, 4) is 0 Å². The number of aromatic nitrogens is 2. The maximum atomic E-state index is 4.65. The van der Waals surface area contributed by atoms with Gasteiger partial charge in [0.05, 0.1) is 0 Å². The Balaban J connectivity index is 1.61. The minimum atomic E-state index is 0.493. The van der Waals surface area contributed by atoms with Crippen LogP contribution in [0.2, 0.25) is 0 Å². The molecule has 2 fully saturated rings. The number of rotatable bonds is 1. The summed E-state index contributed by atoms with van der Waals surface area (Å²) in [5.41, 5.74) is 3.23. The van der Waals surface area contributed by atoms with Gasteiger partial charge >= 0.3 is 0 Å². The third kappa shape index (κ3) is 2.10. The molecule has 0 saturated carbocycles. The molecule has 4 heteroatoms. The van der Waals surface area contributed by atoms with E-state index in [0.29, 0.717) is 5.41 Å². The fourth-order valence-electron chi connectivity index (χ4n) is 4.38. The van der Waals surface area contributed by atoms with Gasteiger partial charge in [0.2, 0.25) is 0 Å². The molecule has 0 bridgehead atoms. The highest BCUT2D eigenvalue weighted by molar-refractivity contribution is 5.51. The summed E-state index contributed by atoms with van der Waals surface area (Å²) in [5.74, 6) is 1.25. The van der Waals surface area contributed by atoms with Crippen molar-refractivity contribution >= 4 is 5.82 Å². The van der Waals surface area contributed by atoms with Crippen molar-refractivity contribution in [1.82, 2.24) is 15.3 Å². The number of aryl methyl sites for hydroxylation is 1. The minimum absolute atomic E-state index is 0.493. The van der Waals surface area contributed by atoms with Gasteiger partial charge in [0.1, 0.15) is 12.1 Å². The Morgan fingerprint density at radius 1 is 1.10 bits per heavy atom. The fourth-order valence-corrected chi connectivity index (χ4v) is 4.38. The maximum absolute atomic E-state index is 4.65. The van der Waals surface area contributed by atoms with Crippen LogP contribution in [0.5, 0.6) is 0 Å². The smallest absolute Gasteiger partial charge is 0.135 e. The van der Waals surface area contributed by atoms with Gasteiger partial charge in [0, 0.05) is 36.3 Å². The molecule has 1 spiro atoms. The molecule has 1 aromatic rings. The van der Waals surface area contributed by atoms with Gasteiger partial charge in [-0.15, -0.1) is 0 Å². The summed E-state index contributed by atoms with van der Waals surface area (Å²) in [4.78, 5) is 11.7. The molecule has 1 N–H and O–H groups in total. The topological polar surface area (TPSA) is 41.1 Å². The molecule has 2 saturated heterocycles. The molecule has 1 unspecified atom stereocenters. The second kappa shape index (κ2) is 4.99. The van der Waals surface area contributed by atoms with Crippen molar-refractivity contribution in [3.63, 3.8) is 0 Å². The Bertz CT molecular complexity index is 488. The molecule has 1 aromatic heterocycles. The van der Waals surface area contributed by atoms with E-state index in [9.17, 15) is 0 Å². The van der Waals surface area contributed by atoms with Crippen LogP contribution in [0, 0.1) is 5.41 Å². The Hall–Kier alpha value is -1.16. The molecule has 3 aliphatic rings. The van der Waals surface area contributed by atoms with E-state index in [1.807, 2.05) is 0 Å². The summed E-state index contributed by atoms with van der Waals surface area (Å²) in [7, 11) is 0.